The first-order valence-corrected chi connectivity index (χ1v) is 8.81. The van der Waals surface area contributed by atoms with Gasteiger partial charge in [0.25, 0.3) is 0 Å². The van der Waals surface area contributed by atoms with Crippen LogP contribution in [0.15, 0.2) is 45.9 Å². The number of nitrogens with zero attached hydrogens (tertiary/aromatic N) is 3. The molecule has 1 aliphatic carbocycles. The standard InChI is InChI=1S/C19H15ClN4O2/c1-10-6-13(9-21-8-10)24-16-14-7-11(20)2-5-15(14)26-17(16)18(23-19(24)25)22-12-3-4-12/h2,5-9,12H,3-4H2,1H3,(H,22,23,25). The van der Waals surface area contributed by atoms with Crippen molar-refractivity contribution in [1.82, 2.24) is 14.5 Å². The van der Waals surface area contributed by atoms with Gasteiger partial charge in [-0.1, -0.05) is 11.6 Å². The Balaban J connectivity index is 1.91. The van der Waals surface area contributed by atoms with Gasteiger partial charge >= 0.3 is 5.69 Å². The van der Waals surface area contributed by atoms with Crippen molar-refractivity contribution in [2.24, 2.45) is 0 Å². The third kappa shape index (κ3) is 2.45. The Morgan fingerprint density at radius 3 is 2.88 bits per heavy atom. The van der Waals surface area contributed by atoms with Crippen LogP contribution in [0, 0.1) is 6.92 Å². The normalized spacial score (nSPS) is 14.2. The number of hydrogen-bond acceptors (Lipinski definition) is 5. The molecule has 0 amide bonds. The van der Waals surface area contributed by atoms with E-state index in [0.717, 1.165) is 23.8 Å². The third-order valence-electron chi connectivity index (χ3n) is 4.50. The number of aromatic nitrogens is 3. The van der Waals surface area contributed by atoms with E-state index in [1.165, 1.54) is 4.57 Å². The Morgan fingerprint density at radius 2 is 2.12 bits per heavy atom. The highest BCUT2D eigenvalue weighted by atomic mass is 35.5. The Hall–Kier alpha value is -2.86. The summed E-state index contributed by atoms with van der Waals surface area (Å²) in [7, 11) is 0. The van der Waals surface area contributed by atoms with Gasteiger partial charge in [0.05, 0.1) is 11.9 Å². The molecular weight excluding hydrogens is 352 g/mol. The third-order valence-corrected chi connectivity index (χ3v) is 4.73. The SMILES string of the molecule is Cc1cncc(-n2c(=O)nc(NC3CC3)c3oc4ccc(Cl)cc4c32)c1. The number of aryl methyl sites for hydroxylation is 1. The number of hydrogen-bond donors (Lipinski definition) is 1. The Morgan fingerprint density at radius 1 is 1.27 bits per heavy atom. The fourth-order valence-electron chi connectivity index (χ4n) is 3.15. The van der Waals surface area contributed by atoms with Crippen LogP contribution in [0.4, 0.5) is 5.82 Å². The maximum atomic E-state index is 12.9. The predicted molar refractivity (Wildman–Crippen MR) is 101 cm³/mol. The minimum absolute atomic E-state index is 0.346. The zero-order valence-electron chi connectivity index (χ0n) is 14.0. The molecule has 0 spiro atoms. The fourth-order valence-corrected chi connectivity index (χ4v) is 3.32. The van der Waals surface area contributed by atoms with Crippen LogP contribution in [0.3, 0.4) is 0 Å². The molecule has 0 atom stereocenters. The lowest BCUT2D eigenvalue weighted by molar-refractivity contribution is 0.664. The molecule has 1 N–H and O–H groups in total. The minimum atomic E-state index is -0.379. The summed E-state index contributed by atoms with van der Waals surface area (Å²) >= 11 is 6.20. The molecule has 130 valence electrons. The molecule has 26 heavy (non-hydrogen) atoms. The molecular formula is C19H15ClN4O2. The van der Waals surface area contributed by atoms with E-state index in [4.69, 9.17) is 16.0 Å². The van der Waals surface area contributed by atoms with Gasteiger partial charge in [0.1, 0.15) is 11.1 Å². The highest BCUT2D eigenvalue weighted by Gasteiger charge is 2.26. The second-order valence-electron chi connectivity index (χ2n) is 6.64. The molecule has 1 saturated carbocycles. The second-order valence-corrected chi connectivity index (χ2v) is 7.07. The van der Waals surface area contributed by atoms with E-state index in [1.54, 1.807) is 18.5 Å². The summed E-state index contributed by atoms with van der Waals surface area (Å²) in [5.41, 5.74) is 3.08. The molecule has 1 aliphatic rings. The predicted octanol–water partition coefficient (Wildman–Crippen LogP) is 4.06. The topological polar surface area (TPSA) is 73.0 Å². The number of benzene rings is 1. The van der Waals surface area contributed by atoms with Gasteiger partial charge in [-0.05, 0) is 49.6 Å². The lowest BCUT2D eigenvalue weighted by Gasteiger charge is -2.10. The van der Waals surface area contributed by atoms with Gasteiger partial charge in [-0.3, -0.25) is 9.55 Å². The van der Waals surface area contributed by atoms with Crippen molar-refractivity contribution in [3.05, 3.63) is 57.7 Å². The zero-order chi connectivity index (χ0) is 17.8. The number of rotatable bonds is 3. The Labute approximate surface area is 153 Å². The van der Waals surface area contributed by atoms with Crippen LogP contribution < -0.4 is 11.0 Å². The Kier molecular flexibility index (Phi) is 3.30. The molecule has 7 heteroatoms. The van der Waals surface area contributed by atoms with E-state index < -0.39 is 0 Å². The van der Waals surface area contributed by atoms with Crippen molar-refractivity contribution in [3.63, 3.8) is 0 Å². The van der Waals surface area contributed by atoms with E-state index in [1.807, 2.05) is 25.1 Å². The summed E-state index contributed by atoms with van der Waals surface area (Å²) in [4.78, 5) is 21.4. The molecule has 0 unspecified atom stereocenters. The molecule has 5 rings (SSSR count). The molecule has 0 bridgehead atoms. The van der Waals surface area contributed by atoms with Crippen LogP contribution in [0.25, 0.3) is 27.8 Å². The van der Waals surface area contributed by atoms with Crippen LogP contribution in [-0.4, -0.2) is 20.6 Å². The van der Waals surface area contributed by atoms with E-state index in [2.05, 4.69) is 15.3 Å². The summed E-state index contributed by atoms with van der Waals surface area (Å²) in [6.07, 6.45) is 5.53. The van der Waals surface area contributed by atoms with Gasteiger partial charge in [-0.2, -0.15) is 4.98 Å². The van der Waals surface area contributed by atoms with Gasteiger partial charge in [0.15, 0.2) is 11.4 Å². The zero-order valence-corrected chi connectivity index (χ0v) is 14.7. The smallest absolute Gasteiger partial charge is 0.354 e. The molecule has 4 aromatic rings. The van der Waals surface area contributed by atoms with Gasteiger partial charge in [-0.25, -0.2) is 4.79 Å². The first-order valence-electron chi connectivity index (χ1n) is 8.43. The molecule has 0 aliphatic heterocycles. The van der Waals surface area contributed by atoms with E-state index in [-0.39, 0.29) is 5.69 Å². The number of halogens is 1. The molecule has 3 heterocycles. The first-order chi connectivity index (χ1) is 12.6. The van der Waals surface area contributed by atoms with Crippen LogP contribution in [-0.2, 0) is 0 Å². The van der Waals surface area contributed by atoms with Crippen molar-refractivity contribution in [1.29, 1.82) is 0 Å². The minimum Gasteiger partial charge on any atom is -0.450 e. The average Bonchev–Trinajstić information content (AvgIpc) is 3.35. The number of furan rings is 1. The summed E-state index contributed by atoms with van der Waals surface area (Å²) in [5, 5.41) is 4.65. The highest BCUT2D eigenvalue weighted by molar-refractivity contribution is 6.31. The summed E-state index contributed by atoms with van der Waals surface area (Å²) < 4.78 is 7.59. The molecule has 0 radical (unpaired) electrons. The lowest BCUT2D eigenvalue weighted by atomic mass is 10.2. The van der Waals surface area contributed by atoms with Crippen molar-refractivity contribution < 1.29 is 4.42 Å². The maximum Gasteiger partial charge on any atom is 0.354 e. The maximum absolute atomic E-state index is 12.9. The largest absolute Gasteiger partial charge is 0.450 e. The van der Waals surface area contributed by atoms with E-state index in [0.29, 0.717) is 39.3 Å². The first kappa shape index (κ1) is 15.4. The van der Waals surface area contributed by atoms with Gasteiger partial charge in [-0.15, -0.1) is 0 Å². The van der Waals surface area contributed by atoms with E-state index >= 15 is 0 Å². The average molecular weight is 367 g/mol. The molecule has 6 nitrogen and oxygen atoms in total. The lowest BCUT2D eigenvalue weighted by Crippen LogP contribution is -2.23. The number of fused-ring (bicyclic) bond motifs is 3. The Bertz CT molecular complexity index is 1220. The molecule has 3 aromatic heterocycles. The van der Waals surface area contributed by atoms with E-state index in [9.17, 15) is 4.79 Å². The number of pyridine rings is 1. The summed E-state index contributed by atoms with van der Waals surface area (Å²) in [5.74, 6) is 0.483. The van der Waals surface area contributed by atoms with Gasteiger partial charge in [0.2, 0.25) is 0 Å². The van der Waals surface area contributed by atoms with Crippen molar-refractivity contribution in [2.45, 2.75) is 25.8 Å². The van der Waals surface area contributed by atoms with Crippen LogP contribution >= 0.6 is 11.6 Å². The van der Waals surface area contributed by atoms with Crippen molar-refractivity contribution in [2.75, 3.05) is 5.32 Å². The summed E-state index contributed by atoms with van der Waals surface area (Å²) in [6, 6.07) is 7.63. The fraction of sp³-hybridized carbons (Fsp3) is 0.211. The molecule has 1 fully saturated rings. The highest BCUT2D eigenvalue weighted by Crippen LogP contribution is 2.35. The van der Waals surface area contributed by atoms with Gasteiger partial charge in [0, 0.05) is 22.6 Å². The van der Waals surface area contributed by atoms with Crippen molar-refractivity contribution in [3.8, 4) is 5.69 Å². The van der Waals surface area contributed by atoms with Gasteiger partial charge < -0.3 is 9.73 Å². The summed E-state index contributed by atoms with van der Waals surface area (Å²) in [6.45, 7) is 1.93. The van der Waals surface area contributed by atoms with Crippen LogP contribution in [0.5, 0.6) is 0 Å². The van der Waals surface area contributed by atoms with Crippen LogP contribution in [0.1, 0.15) is 18.4 Å². The molecule has 1 aromatic carbocycles. The quantitative estimate of drug-likeness (QED) is 0.591. The number of nitrogens with one attached hydrogen (secondary N) is 1. The monoisotopic (exact) mass is 366 g/mol. The number of anilines is 1. The van der Waals surface area contributed by atoms with Crippen molar-refractivity contribution >= 4 is 39.5 Å². The van der Waals surface area contributed by atoms with Crippen LogP contribution in [0.2, 0.25) is 5.02 Å². The molecule has 0 saturated heterocycles. The second kappa shape index (κ2) is 5.57.